The van der Waals surface area contributed by atoms with E-state index in [0.717, 1.165) is 16.4 Å². The molecular weight excluding hydrogens is 312 g/mol. The maximum Gasteiger partial charge on any atom is 0.232 e. The molecule has 1 amide bonds. The van der Waals surface area contributed by atoms with Gasteiger partial charge in [0, 0.05) is 13.6 Å². The zero-order valence-electron chi connectivity index (χ0n) is 13.0. The molecule has 0 aliphatic heterocycles. The highest BCUT2D eigenvalue weighted by Gasteiger charge is 2.18. The van der Waals surface area contributed by atoms with Gasteiger partial charge in [-0.2, -0.15) is 0 Å². The second kappa shape index (κ2) is 7.47. The highest BCUT2D eigenvalue weighted by Crippen LogP contribution is 2.29. The number of carbonyl (C=O) groups is 1. The molecule has 1 fully saturated rings. The lowest BCUT2D eigenvalue weighted by Gasteiger charge is -2.26. The minimum atomic E-state index is 0.217. The zero-order chi connectivity index (χ0) is 15.4. The van der Waals surface area contributed by atoms with E-state index in [1.165, 1.54) is 36.8 Å². The number of hydrogen-bond acceptors (Lipinski definition) is 4. The molecular formula is C17H22N2OS2. The van der Waals surface area contributed by atoms with Crippen LogP contribution in [0.1, 0.15) is 32.1 Å². The van der Waals surface area contributed by atoms with E-state index in [1.54, 1.807) is 23.1 Å². The van der Waals surface area contributed by atoms with Gasteiger partial charge in [0.1, 0.15) is 0 Å². The van der Waals surface area contributed by atoms with Crippen molar-refractivity contribution in [2.45, 2.75) is 36.4 Å². The van der Waals surface area contributed by atoms with E-state index >= 15 is 0 Å². The van der Waals surface area contributed by atoms with E-state index < -0.39 is 0 Å². The first-order valence-corrected chi connectivity index (χ1v) is 9.75. The first-order valence-electron chi connectivity index (χ1n) is 7.95. The molecule has 0 saturated heterocycles. The molecule has 1 aromatic heterocycles. The lowest BCUT2D eigenvalue weighted by atomic mass is 9.89. The number of nitrogens with zero attached hydrogens (tertiary/aromatic N) is 2. The average Bonchev–Trinajstić information content (AvgIpc) is 2.96. The Kier molecular flexibility index (Phi) is 5.37. The van der Waals surface area contributed by atoms with Gasteiger partial charge in [-0.1, -0.05) is 43.2 Å². The quantitative estimate of drug-likeness (QED) is 0.759. The van der Waals surface area contributed by atoms with E-state index in [-0.39, 0.29) is 5.91 Å². The summed E-state index contributed by atoms with van der Waals surface area (Å²) in [5.74, 6) is 1.41. The van der Waals surface area contributed by atoms with Gasteiger partial charge in [0.25, 0.3) is 0 Å². The molecule has 5 heteroatoms. The van der Waals surface area contributed by atoms with Crippen LogP contribution in [0.15, 0.2) is 28.6 Å². The van der Waals surface area contributed by atoms with Crippen LogP contribution in [0.4, 0.5) is 0 Å². The van der Waals surface area contributed by atoms with Crippen molar-refractivity contribution in [1.29, 1.82) is 0 Å². The van der Waals surface area contributed by atoms with Crippen LogP contribution in [0.3, 0.4) is 0 Å². The van der Waals surface area contributed by atoms with Gasteiger partial charge in [0.05, 0.1) is 16.0 Å². The summed E-state index contributed by atoms with van der Waals surface area (Å²) in [5, 5.41) is 0. The molecule has 0 radical (unpaired) electrons. The van der Waals surface area contributed by atoms with Crippen LogP contribution >= 0.6 is 23.1 Å². The maximum absolute atomic E-state index is 12.3. The molecule has 0 bridgehead atoms. The number of thioether (sulfide) groups is 1. The fourth-order valence-electron chi connectivity index (χ4n) is 3.01. The van der Waals surface area contributed by atoms with Crippen LogP contribution in [0.25, 0.3) is 10.2 Å². The smallest absolute Gasteiger partial charge is 0.232 e. The molecule has 118 valence electrons. The lowest BCUT2D eigenvalue weighted by molar-refractivity contribution is -0.127. The number of hydrogen-bond donors (Lipinski definition) is 0. The van der Waals surface area contributed by atoms with Crippen LogP contribution < -0.4 is 0 Å². The van der Waals surface area contributed by atoms with E-state index in [4.69, 9.17) is 0 Å². The summed E-state index contributed by atoms with van der Waals surface area (Å²) < 4.78 is 2.17. The fraction of sp³-hybridized carbons (Fsp3) is 0.529. The Hall–Kier alpha value is -1.07. The Balaban J connectivity index is 1.50. The Morgan fingerprint density at radius 2 is 2.09 bits per heavy atom. The number of rotatable bonds is 5. The predicted molar refractivity (Wildman–Crippen MR) is 94.6 cm³/mol. The van der Waals surface area contributed by atoms with E-state index in [9.17, 15) is 4.79 Å². The van der Waals surface area contributed by atoms with Gasteiger partial charge in [-0.3, -0.25) is 4.79 Å². The van der Waals surface area contributed by atoms with Gasteiger partial charge in [-0.05, 0) is 30.9 Å². The van der Waals surface area contributed by atoms with Crippen molar-refractivity contribution in [2.24, 2.45) is 5.92 Å². The third-order valence-electron chi connectivity index (χ3n) is 4.28. The molecule has 0 spiro atoms. The summed E-state index contributed by atoms with van der Waals surface area (Å²) in [6.07, 6.45) is 6.58. The molecule has 22 heavy (non-hydrogen) atoms. The van der Waals surface area contributed by atoms with E-state index in [1.807, 2.05) is 30.1 Å². The normalized spacial score (nSPS) is 16.0. The van der Waals surface area contributed by atoms with E-state index in [0.29, 0.717) is 11.7 Å². The van der Waals surface area contributed by atoms with Crippen molar-refractivity contribution >= 4 is 39.2 Å². The molecule has 1 aliphatic rings. The van der Waals surface area contributed by atoms with Crippen LogP contribution in [0.5, 0.6) is 0 Å². The lowest BCUT2D eigenvalue weighted by Crippen LogP contribution is -2.33. The van der Waals surface area contributed by atoms with Crippen molar-refractivity contribution in [1.82, 2.24) is 9.88 Å². The van der Waals surface area contributed by atoms with Crippen molar-refractivity contribution < 1.29 is 4.79 Å². The summed E-state index contributed by atoms with van der Waals surface area (Å²) in [4.78, 5) is 18.8. The molecule has 0 N–H and O–H groups in total. The number of amides is 1. The minimum Gasteiger partial charge on any atom is -0.345 e. The minimum absolute atomic E-state index is 0.217. The number of thiazole rings is 1. The van der Waals surface area contributed by atoms with Gasteiger partial charge in [0.15, 0.2) is 4.34 Å². The average molecular weight is 335 g/mol. The third-order valence-corrected chi connectivity index (χ3v) is 6.44. The Morgan fingerprint density at radius 3 is 2.86 bits per heavy atom. The molecule has 0 unspecified atom stereocenters. The number of aromatic nitrogens is 1. The number of carbonyl (C=O) groups excluding carboxylic acids is 1. The summed E-state index contributed by atoms with van der Waals surface area (Å²) in [6, 6.07) is 8.12. The molecule has 1 aliphatic carbocycles. The highest BCUT2D eigenvalue weighted by atomic mass is 32.2. The summed E-state index contributed by atoms with van der Waals surface area (Å²) in [6.45, 7) is 0.916. The Morgan fingerprint density at radius 1 is 1.32 bits per heavy atom. The summed E-state index contributed by atoms with van der Waals surface area (Å²) in [7, 11) is 1.94. The molecule has 0 atom stereocenters. The van der Waals surface area contributed by atoms with Gasteiger partial charge in [0.2, 0.25) is 5.91 Å². The van der Waals surface area contributed by atoms with Crippen LogP contribution in [-0.4, -0.2) is 35.1 Å². The predicted octanol–water partition coefficient (Wildman–Crippen LogP) is 4.43. The van der Waals surface area contributed by atoms with Crippen molar-refractivity contribution in [3.05, 3.63) is 24.3 Å². The SMILES string of the molecule is CN(CC1CCCCC1)C(=O)CSc1nc2ccccc2s1. The number of para-hydroxylation sites is 1. The zero-order valence-corrected chi connectivity index (χ0v) is 14.6. The fourth-order valence-corrected chi connectivity index (χ4v) is 5.01. The molecule has 3 rings (SSSR count). The van der Waals surface area contributed by atoms with Crippen LogP contribution in [0.2, 0.25) is 0 Å². The molecule has 3 nitrogen and oxygen atoms in total. The summed E-state index contributed by atoms with van der Waals surface area (Å²) >= 11 is 3.23. The van der Waals surface area contributed by atoms with E-state index in [2.05, 4.69) is 11.1 Å². The van der Waals surface area contributed by atoms with Crippen LogP contribution in [-0.2, 0) is 4.79 Å². The van der Waals surface area contributed by atoms with Crippen molar-refractivity contribution in [3.8, 4) is 0 Å². The van der Waals surface area contributed by atoms with Gasteiger partial charge >= 0.3 is 0 Å². The van der Waals surface area contributed by atoms with Crippen molar-refractivity contribution in [3.63, 3.8) is 0 Å². The first-order chi connectivity index (χ1) is 10.7. The second-order valence-corrected chi connectivity index (χ2v) is 8.27. The van der Waals surface area contributed by atoms with Gasteiger partial charge in [-0.25, -0.2) is 4.98 Å². The number of benzene rings is 1. The Labute approximate surface area is 140 Å². The molecule has 2 aromatic rings. The van der Waals surface area contributed by atoms with Gasteiger partial charge in [-0.15, -0.1) is 11.3 Å². The molecule has 1 saturated carbocycles. The Bertz CT molecular complexity index is 601. The third kappa shape index (κ3) is 4.02. The topological polar surface area (TPSA) is 33.2 Å². The first kappa shape index (κ1) is 15.8. The molecule has 1 heterocycles. The number of fused-ring (bicyclic) bond motifs is 1. The highest BCUT2D eigenvalue weighted by molar-refractivity contribution is 8.01. The standard InChI is InChI=1S/C17H22N2OS2/c1-19(11-13-7-3-2-4-8-13)16(20)12-21-17-18-14-9-5-6-10-15(14)22-17/h5-6,9-10,13H,2-4,7-8,11-12H2,1H3. The molecule has 1 aromatic carbocycles. The summed E-state index contributed by atoms with van der Waals surface area (Å²) in [5.41, 5.74) is 1.03. The largest absolute Gasteiger partial charge is 0.345 e. The maximum atomic E-state index is 12.3. The monoisotopic (exact) mass is 334 g/mol. The van der Waals surface area contributed by atoms with Crippen molar-refractivity contribution in [2.75, 3.05) is 19.3 Å². The van der Waals surface area contributed by atoms with Crippen LogP contribution in [0, 0.1) is 5.92 Å². The second-order valence-electron chi connectivity index (χ2n) is 6.01. The van der Waals surface area contributed by atoms with Gasteiger partial charge < -0.3 is 4.90 Å².